The molecule has 0 radical (unpaired) electrons. The third kappa shape index (κ3) is 49.6. The number of ether oxygens (including phenoxy) is 3. The Kier molecular flexibility index (Phi) is 49.4. The number of carbonyl (C=O) groups excluding carboxylic acids is 3. The van der Waals surface area contributed by atoms with Gasteiger partial charge >= 0.3 is 17.9 Å². The molecule has 0 aliphatic heterocycles. The average Bonchev–Trinajstić information content (AvgIpc) is 3.29. The molecule has 0 bridgehead atoms. The molecule has 1 unspecified atom stereocenters. The van der Waals surface area contributed by atoms with Crippen molar-refractivity contribution in [1.29, 1.82) is 0 Å². The van der Waals surface area contributed by atoms with Crippen LogP contribution in [0.4, 0.5) is 0 Å². The fraction of sp³-hybridized carbons (Fsp3) is 0.707. The number of carbonyl (C=O) groups is 3. The van der Waals surface area contributed by atoms with Crippen molar-refractivity contribution in [2.45, 2.75) is 252 Å². The molecule has 0 aliphatic carbocycles. The summed E-state index contributed by atoms with van der Waals surface area (Å²) in [6.45, 7) is 6.45. The van der Waals surface area contributed by atoms with Crippen molar-refractivity contribution in [1.82, 2.24) is 0 Å². The van der Waals surface area contributed by atoms with Gasteiger partial charge in [-0.15, -0.1) is 0 Å². The predicted molar refractivity (Wildman–Crippen MR) is 274 cm³/mol. The van der Waals surface area contributed by atoms with Gasteiger partial charge in [-0.2, -0.15) is 0 Å². The summed E-state index contributed by atoms with van der Waals surface area (Å²) in [5.41, 5.74) is 0. The highest BCUT2D eigenvalue weighted by atomic mass is 16.6. The normalized spacial score (nSPS) is 12.7. The SMILES string of the molecule is CC/C=C\C/C=C\C/C=C\C/C=C\C/C=C\C/C=C\CCCCCCCCC(=O)OCC(COC(=O)CCCCCCCCC)OC(=O)CCCCCCC/C=C\CCCCCCC. The van der Waals surface area contributed by atoms with E-state index in [0.717, 1.165) is 122 Å². The lowest BCUT2D eigenvalue weighted by Crippen LogP contribution is -2.30. The minimum absolute atomic E-state index is 0.0841. The maximum Gasteiger partial charge on any atom is 0.306 e. The summed E-state index contributed by atoms with van der Waals surface area (Å²) < 4.78 is 16.7. The van der Waals surface area contributed by atoms with Gasteiger partial charge in [-0.25, -0.2) is 0 Å². The second kappa shape index (κ2) is 52.2. The molecular formula is C58H98O6. The Balaban J connectivity index is 4.25. The number of esters is 3. The highest BCUT2D eigenvalue weighted by Crippen LogP contribution is 2.14. The van der Waals surface area contributed by atoms with E-state index in [-0.39, 0.29) is 31.1 Å². The first-order valence-electron chi connectivity index (χ1n) is 26.6. The van der Waals surface area contributed by atoms with Crippen LogP contribution >= 0.6 is 0 Å². The van der Waals surface area contributed by atoms with Crippen LogP contribution in [0.2, 0.25) is 0 Å². The Hall–Kier alpha value is -3.41. The molecule has 6 heteroatoms. The van der Waals surface area contributed by atoms with E-state index in [0.29, 0.717) is 19.3 Å². The van der Waals surface area contributed by atoms with E-state index in [1.54, 1.807) is 0 Å². The van der Waals surface area contributed by atoms with Crippen molar-refractivity contribution in [3.63, 3.8) is 0 Å². The summed E-state index contributed by atoms with van der Waals surface area (Å²) >= 11 is 0. The van der Waals surface area contributed by atoms with Crippen molar-refractivity contribution >= 4 is 17.9 Å². The van der Waals surface area contributed by atoms with Gasteiger partial charge in [-0.05, 0) is 96.3 Å². The van der Waals surface area contributed by atoms with Crippen LogP contribution in [0.5, 0.6) is 0 Å². The molecule has 0 aromatic heterocycles. The molecule has 0 aromatic carbocycles. The first-order chi connectivity index (χ1) is 31.5. The van der Waals surface area contributed by atoms with Crippen LogP contribution < -0.4 is 0 Å². The summed E-state index contributed by atoms with van der Waals surface area (Å²) in [6.07, 6.45) is 67.3. The number of rotatable bonds is 47. The predicted octanol–water partition coefficient (Wildman–Crippen LogP) is 17.6. The first-order valence-corrected chi connectivity index (χ1v) is 26.6. The van der Waals surface area contributed by atoms with Crippen molar-refractivity contribution in [2.75, 3.05) is 13.2 Å². The van der Waals surface area contributed by atoms with Crippen LogP contribution in [0, 0.1) is 0 Å². The molecule has 0 rings (SSSR count). The second-order valence-electron chi connectivity index (χ2n) is 17.4. The summed E-state index contributed by atoms with van der Waals surface area (Å²) in [7, 11) is 0. The lowest BCUT2D eigenvalue weighted by atomic mass is 10.1. The maximum atomic E-state index is 12.8. The van der Waals surface area contributed by atoms with E-state index in [1.807, 2.05) is 0 Å². The third-order valence-electron chi connectivity index (χ3n) is 11.1. The third-order valence-corrected chi connectivity index (χ3v) is 11.1. The van der Waals surface area contributed by atoms with Gasteiger partial charge in [0.05, 0.1) is 0 Å². The van der Waals surface area contributed by atoms with E-state index in [1.165, 1.54) is 83.5 Å². The van der Waals surface area contributed by atoms with E-state index in [4.69, 9.17) is 14.2 Å². The highest BCUT2D eigenvalue weighted by Gasteiger charge is 2.19. The molecule has 64 heavy (non-hydrogen) atoms. The van der Waals surface area contributed by atoms with Crippen molar-refractivity contribution in [2.24, 2.45) is 0 Å². The number of allylic oxidation sites excluding steroid dienone is 14. The quantitative estimate of drug-likeness (QED) is 0.0262. The summed E-state index contributed by atoms with van der Waals surface area (Å²) in [4.78, 5) is 37.8. The molecular weight excluding hydrogens is 793 g/mol. The summed E-state index contributed by atoms with van der Waals surface area (Å²) in [5, 5.41) is 0. The molecule has 0 spiro atoms. The maximum absolute atomic E-state index is 12.8. The van der Waals surface area contributed by atoms with Crippen molar-refractivity contribution in [3.05, 3.63) is 85.1 Å². The van der Waals surface area contributed by atoms with Gasteiger partial charge in [0.1, 0.15) is 13.2 Å². The van der Waals surface area contributed by atoms with E-state index < -0.39 is 6.10 Å². The molecule has 6 nitrogen and oxygen atoms in total. The van der Waals surface area contributed by atoms with Crippen LogP contribution in [-0.2, 0) is 28.6 Å². The van der Waals surface area contributed by atoms with Gasteiger partial charge in [0.2, 0.25) is 0 Å². The Labute approximate surface area is 395 Å². The van der Waals surface area contributed by atoms with Crippen LogP contribution in [0.25, 0.3) is 0 Å². The van der Waals surface area contributed by atoms with Gasteiger partial charge in [0, 0.05) is 19.3 Å². The minimum atomic E-state index is -0.783. The zero-order chi connectivity index (χ0) is 46.5. The monoisotopic (exact) mass is 891 g/mol. The number of hydrogen-bond donors (Lipinski definition) is 0. The topological polar surface area (TPSA) is 78.9 Å². The highest BCUT2D eigenvalue weighted by molar-refractivity contribution is 5.71. The van der Waals surface area contributed by atoms with Gasteiger partial charge in [0.15, 0.2) is 6.10 Å². The molecule has 0 fully saturated rings. The molecule has 0 aromatic rings. The molecule has 366 valence electrons. The second-order valence-corrected chi connectivity index (χ2v) is 17.4. The van der Waals surface area contributed by atoms with Crippen LogP contribution in [-0.4, -0.2) is 37.2 Å². The van der Waals surface area contributed by atoms with E-state index >= 15 is 0 Å². The lowest BCUT2D eigenvalue weighted by Gasteiger charge is -2.18. The van der Waals surface area contributed by atoms with Crippen LogP contribution in [0.1, 0.15) is 245 Å². The van der Waals surface area contributed by atoms with Crippen molar-refractivity contribution in [3.8, 4) is 0 Å². The molecule has 0 aliphatic rings. The molecule has 0 saturated heterocycles. The standard InChI is InChI=1S/C58H98O6/c1-4-7-10-13-16-18-20-22-24-25-26-27-28-29-30-31-32-33-34-36-37-39-42-45-48-51-57(60)63-54-55(53-62-56(59)50-47-44-41-15-12-9-6-3)64-58(61)52-49-46-43-40-38-35-23-21-19-17-14-11-8-5-2/h7,10,16,18,21-24,26-27,29-30,32-33,55H,4-6,8-9,11-15,17,19-20,25,28,31,34-54H2,1-3H3/b10-7-,18-16-,23-21-,24-22-,27-26-,30-29-,33-32-. The number of unbranched alkanes of at least 4 members (excludes halogenated alkanes) is 22. The van der Waals surface area contributed by atoms with Crippen LogP contribution in [0.3, 0.4) is 0 Å². The largest absolute Gasteiger partial charge is 0.462 e. The lowest BCUT2D eigenvalue weighted by molar-refractivity contribution is -0.167. The zero-order valence-corrected chi connectivity index (χ0v) is 41.8. The average molecular weight is 891 g/mol. The molecule has 0 saturated carbocycles. The van der Waals surface area contributed by atoms with E-state index in [9.17, 15) is 14.4 Å². The Morgan fingerprint density at radius 3 is 0.969 bits per heavy atom. The van der Waals surface area contributed by atoms with Gasteiger partial charge in [-0.3, -0.25) is 14.4 Å². The fourth-order valence-electron chi connectivity index (χ4n) is 7.15. The fourth-order valence-corrected chi connectivity index (χ4v) is 7.15. The summed E-state index contributed by atoms with van der Waals surface area (Å²) in [6, 6.07) is 0. The molecule has 0 N–H and O–H groups in total. The van der Waals surface area contributed by atoms with Gasteiger partial charge in [-0.1, -0.05) is 215 Å². The Morgan fingerprint density at radius 2 is 0.609 bits per heavy atom. The summed E-state index contributed by atoms with van der Waals surface area (Å²) in [5.74, 6) is -0.915. The smallest absolute Gasteiger partial charge is 0.306 e. The molecule has 0 amide bonds. The Bertz CT molecular complexity index is 1250. The van der Waals surface area contributed by atoms with E-state index in [2.05, 4.69) is 106 Å². The Morgan fingerprint density at radius 1 is 0.328 bits per heavy atom. The van der Waals surface area contributed by atoms with Gasteiger partial charge in [0.25, 0.3) is 0 Å². The molecule has 0 heterocycles. The van der Waals surface area contributed by atoms with Crippen molar-refractivity contribution < 1.29 is 28.6 Å². The van der Waals surface area contributed by atoms with Gasteiger partial charge < -0.3 is 14.2 Å². The number of hydrogen-bond acceptors (Lipinski definition) is 6. The zero-order valence-electron chi connectivity index (χ0n) is 41.8. The first kappa shape index (κ1) is 60.6. The molecule has 1 atom stereocenters. The van der Waals surface area contributed by atoms with Crippen LogP contribution in [0.15, 0.2) is 85.1 Å². The minimum Gasteiger partial charge on any atom is -0.462 e.